The van der Waals surface area contributed by atoms with Gasteiger partial charge in [0.05, 0.1) is 22.8 Å². The number of halogens is 2. The predicted molar refractivity (Wildman–Crippen MR) is 84.5 cm³/mol. The Balaban J connectivity index is 1.92. The van der Waals surface area contributed by atoms with Crippen LogP contribution in [0.2, 0.25) is 0 Å². The van der Waals surface area contributed by atoms with Gasteiger partial charge in [0, 0.05) is 13.0 Å². The van der Waals surface area contributed by atoms with E-state index in [-0.39, 0.29) is 24.4 Å². The van der Waals surface area contributed by atoms with Gasteiger partial charge in [-0.3, -0.25) is 9.69 Å². The van der Waals surface area contributed by atoms with Gasteiger partial charge in [0.15, 0.2) is 9.84 Å². The lowest BCUT2D eigenvalue weighted by atomic mass is 9.91. The fourth-order valence-electron chi connectivity index (χ4n) is 3.77. The summed E-state index contributed by atoms with van der Waals surface area (Å²) in [5.41, 5.74) is -1.59. The van der Waals surface area contributed by atoms with Crippen LogP contribution in [-0.4, -0.2) is 55.6 Å². The molecule has 9 heteroatoms. The smallest absolute Gasteiger partial charge is 0.262 e. The van der Waals surface area contributed by atoms with Crippen molar-refractivity contribution in [1.29, 1.82) is 5.26 Å². The number of amides is 1. The molecular formula is C16H17F2N3O3S. The molecule has 6 nitrogen and oxygen atoms in total. The van der Waals surface area contributed by atoms with E-state index in [2.05, 4.69) is 5.32 Å². The molecule has 0 aromatic heterocycles. The van der Waals surface area contributed by atoms with E-state index < -0.39 is 45.4 Å². The van der Waals surface area contributed by atoms with Crippen LogP contribution in [0.15, 0.2) is 35.2 Å². The molecule has 0 aliphatic carbocycles. The summed E-state index contributed by atoms with van der Waals surface area (Å²) in [7, 11) is -3.74. The number of hydrogen-bond donors (Lipinski definition) is 1. The summed E-state index contributed by atoms with van der Waals surface area (Å²) >= 11 is 0. The molecule has 2 fully saturated rings. The lowest BCUT2D eigenvalue weighted by molar-refractivity contribution is -0.130. The Hall–Kier alpha value is -2.05. The van der Waals surface area contributed by atoms with Crippen LogP contribution < -0.4 is 5.32 Å². The quantitative estimate of drug-likeness (QED) is 0.798. The Labute approximate surface area is 144 Å². The maximum absolute atomic E-state index is 13.9. The third-order valence-electron chi connectivity index (χ3n) is 4.83. The summed E-state index contributed by atoms with van der Waals surface area (Å²) in [5.74, 6) is -3.78. The van der Waals surface area contributed by atoms with Crippen LogP contribution in [0.1, 0.15) is 12.8 Å². The number of nitrogens with one attached hydrogen (secondary N) is 1. The van der Waals surface area contributed by atoms with Gasteiger partial charge in [-0.2, -0.15) is 5.26 Å². The van der Waals surface area contributed by atoms with Crippen molar-refractivity contribution in [3.05, 3.63) is 30.3 Å². The maximum Gasteiger partial charge on any atom is 0.262 e. The highest BCUT2D eigenvalue weighted by atomic mass is 32.2. The predicted octanol–water partition coefficient (Wildman–Crippen LogP) is 0.952. The monoisotopic (exact) mass is 369 g/mol. The van der Waals surface area contributed by atoms with Crippen LogP contribution in [0.5, 0.6) is 0 Å². The highest BCUT2D eigenvalue weighted by Crippen LogP contribution is 2.48. The molecule has 25 heavy (non-hydrogen) atoms. The van der Waals surface area contributed by atoms with E-state index >= 15 is 0 Å². The molecule has 3 rings (SSSR count). The van der Waals surface area contributed by atoms with E-state index in [0.717, 1.165) is 0 Å². The van der Waals surface area contributed by atoms with Gasteiger partial charge < -0.3 is 5.32 Å². The number of carbonyl (C=O) groups excluding carboxylic acids is 1. The topological polar surface area (TPSA) is 90.3 Å². The van der Waals surface area contributed by atoms with Gasteiger partial charge in [-0.25, -0.2) is 17.2 Å². The van der Waals surface area contributed by atoms with Gasteiger partial charge in [-0.05, 0) is 18.6 Å². The minimum Gasteiger partial charge on any atom is -0.341 e. The van der Waals surface area contributed by atoms with Gasteiger partial charge >= 0.3 is 0 Å². The molecule has 2 atom stereocenters. The van der Waals surface area contributed by atoms with E-state index in [9.17, 15) is 22.0 Å². The molecule has 1 aromatic rings. The van der Waals surface area contributed by atoms with Crippen molar-refractivity contribution in [1.82, 2.24) is 10.2 Å². The van der Waals surface area contributed by atoms with E-state index in [1.54, 1.807) is 24.3 Å². The van der Waals surface area contributed by atoms with Gasteiger partial charge in [0.2, 0.25) is 5.91 Å². The van der Waals surface area contributed by atoms with Crippen LogP contribution in [0.3, 0.4) is 0 Å². The van der Waals surface area contributed by atoms with Crippen molar-refractivity contribution < 1.29 is 22.0 Å². The van der Waals surface area contributed by atoms with E-state index in [4.69, 9.17) is 5.26 Å². The first kappa shape index (κ1) is 17.8. The third kappa shape index (κ3) is 3.00. The van der Waals surface area contributed by atoms with Gasteiger partial charge in [0.1, 0.15) is 12.1 Å². The molecule has 0 saturated carbocycles. The maximum atomic E-state index is 13.9. The van der Waals surface area contributed by atoms with Crippen molar-refractivity contribution >= 4 is 15.7 Å². The van der Waals surface area contributed by atoms with Gasteiger partial charge in [0.25, 0.3) is 5.92 Å². The molecule has 2 aliphatic heterocycles. The summed E-state index contributed by atoms with van der Waals surface area (Å²) in [6.45, 7) is -1.10. The Morgan fingerprint density at radius 1 is 1.36 bits per heavy atom. The van der Waals surface area contributed by atoms with Gasteiger partial charge in [-0.15, -0.1) is 0 Å². The lowest BCUT2D eigenvalue weighted by Crippen LogP contribution is -2.52. The molecule has 0 radical (unpaired) electrons. The second kappa shape index (κ2) is 6.04. The molecule has 2 aliphatic rings. The SMILES string of the molecule is N#CCNC(=O)C12CC(S(=O)(=O)c3ccccc3)CN1CC(F)(F)C2. The molecule has 1 aromatic carbocycles. The van der Waals surface area contributed by atoms with Crippen LogP contribution in [0.4, 0.5) is 8.78 Å². The molecular weight excluding hydrogens is 352 g/mol. The number of sulfone groups is 1. The molecule has 2 saturated heterocycles. The number of hydrogen-bond acceptors (Lipinski definition) is 5. The number of carbonyl (C=O) groups is 1. The summed E-state index contributed by atoms with van der Waals surface area (Å²) in [6.07, 6.45) is -0.949. The zero-order chi connectivity index (χ0) is 18.3. The summed E-state index contributed by atoms with van der Waals surface area (Å²) < 4.78 is 53.4. The van der Waals surface area contributed by atoms with Gasteiger partial charge in [-0.1, -0.05) is 18.2 Å². The molecule has 134 valence electrons. The standard InChI is InChI=1S/C16H17F2N3O3S/c17-16(18)10-15(14(22)20-7-6-19)8-13(9-21(15)11-16)25(23,24)12-4-2-1-3-5-12/h1-5,13H,7-11H2,(H,20,22). The Morgan fingerprint density at radius 2 is 2.04 bits per heavy atom. The molecule has 1 N–H and O–H groups in total. The minimum absolute atomic E-state index is 0.112. The van der Waals surface area contributed by atoms with Crippen LogP contribution in [-0.2, 0) is 14.6 Å². The lowest BCUT2D eigenvalue weighted by Gasteiger charge is -2.28. The van der Waals surface area contributed by atoms with E-state index in [1.165, 1.54) is 17.0 Å². The average molecular weight is 369 g/mol. The number of benzene rings is 1. The second-order valence-electron chi connectivity index (χ2n) is 6.47. The number of fused-ring (bicyclic) bond motifs is 1. The first-order valence-corrected chi connectivity index (χ1v) is 9.33. The van der Waals surface area contributed by atoms with E-state index in [0.29, 0.717) is 0 Å². The zero-order valence-corrected chi connectivity index (χ0v) is 14.1. The zero-order valence-electron chi connectivity index (χ0n) is 13.3. The van der Waals surface area contributed by atoms with E-state index in [1.807, 2.05) is 0 Å². The normalized spacial score (nSPS) is 28.3. The number of nitrogens with zero attached hydrogens (tertiary/aromatic N) is 2. The first-order valence-electron chi connectivity index (χ1n) is 7.78. The van der Waals surface area contributed by atoms with Crippen molar-refractivity contribution in [2.45, 2.75) is 34.4 Å². The number of alkyl halides is 2. The molecule has 1 amide bonds. The van der Waals surface area contributed by atoms with Crippen molar-refractivity contribution in [3.63, 3.8) is 0 Å². The van der Waals surface area contributed by atoms with Crippen LogP contribution in [0.25, 0.3) is 0 Å². The highest BCUT2D eigenvalue weighted by Gasteiger charge is 2.64. The average Bonchev–Trinajstić information content (AvgIpc) is 3.04. The summed E-state index contributed by atoms with van der Waals surface area (Å²) in [4.78, 5) is 13.8. The largest absolute Gasteiger partial charge is 0.341 e. The number of rotatable bonds is 4. The fourth-order valence-corrected chi connectivity index (χ4v) is 5.56. The summed E-state index contributed by atoms with van der Waals surface area (Å²) in [5, 5.41) is 9.98. The van der Waals surface area contributed by atoms with Crippen molar-refractivity contribution in [3.8, 4) is 6.07 Å². The minimum atomic E-state index is -3.74. The van der Waals surface area contributed by atoms with Crippen LogP contribution >= 0.6 is 0 Å². The summed E-state index contributed by atoms with van der Waals surface area (Å²) in [6, 6.07) is 9.50. The molecule has 2 unspecified atom stereocenters. The second-order valence-corrected chi connectivity index (χ2v) is 8.70. The molecule has 0 spiro atoms. The van der Waals surface area contributed by atoms with Crippen LogP contribution in [0, 0.1) is 11.3 Å². The third-order valence-corrected chi connectivity index (χ3v) is 6.95. The molecule has 2 heterocycles. The first-order chi connectivity index (χ1) is 11.7. The highest BCUT2D eigenvalue weighted by molar-refractivity contribution is 7.92. The number of nitriles is 1. The molecule has 0 bridgehead atoms. The fraction of sp³-hybridized carbons (Fsp3) is 0.500. The Bertz CT molecular complexity index is 823. The Morgan fingerprint density at radius 3 is 2.68 bits per heavy atom. The van der Waals surface area contributed by atoms with Crippen molar-refractivity contribution in [2.24, 2.45) is 0 Å². The Kier molecular flexibility index (Phi) is 4.29. The van der Waals surface area contributed by atoms with Crippen molar-refractivity contribution in [2.75, 3.05) is 19.6 Å².